The van der Waals surface area contributed by atoms with E-state index < -0.39 is 17.6 Å². The molecule has 2 aromatic rings. The zero-order chi connectivity index (χ0) is 28.0. The van der Waals surface area contributed by atoms with Gasteiger partial charge < -0.3 is 20.1 Å². The average Bonchev–Trinajstić information content (AvgIpc) is 3.27. The van der Waals surface area contributed by atoms with Gasteiger partial charge in [-0.15, -0.1) is 0 Å². The van der Waals surface area contributed by atoms with Crippen molar-refractivity contribution in [2.24, 2.45) is 10.7 Å². The normalized spacial score (nSPS) is 19.2. The lowest BCUT2D eigenvalue weighted by atomic mass is 10.1. The lowest BCUT2D eigenvalue weighted by Gasteiger charge is -2.35. The third-order valence-electron chi connectivity index (χ3n) is 6.46. The van der Waals surface area contributed by atoms with Crippen LogP contribution in [-0.4, -0.2) is 96.1 Å². The van der Waals surface area contributed by atoms with E-state index in [1.165, 1.54) is 6.20 Å². The number of hydrogen-bond donors (Lipinski definition) is 1. The van der Waals surface area contributed by atoms with Crippen molar-refractivity contribution in [2.45, 2.75) is 38.9 Å². The minimum absolute atomic E-state index is 0.0857. The summed E-state index contributed by atoms with van der Waals surface area (Å²) >= 11 is 0. The van der Waals surface area contributed by atoms with E-state index in [4.69, 9.17) is 15.2 Å². The molecule has 1 aromatic heterocycles. The molecule has 2 fully saturated rings. The average molecular weight is 537 g/mol. The molecule has 0 saturated carbocycles. The fraction of sp³-hybridized carbons (Fsp3) is 0.464. The monoisotopic (exact) mass is 536 g/mol. The first kappa shape index (κ1) is 28.2. The smallest absolute Gasteiger partial charge is 0.414 e. The second-order valence-corrected chi connectivity index (χ2v) is 10.7. The molecule has 0 aliphatic carbocycles. The third kappa shape index (κ3) is 8.08. The number of rotatable bonds is 8. The van der Waals surface area contributed by atoms with Gasteiger partial charge in [-0.1, -0.05) is 0 Å². The first-order valence-electron chi connectivity index (χ1n) is 13.1. The molecule has 2 aliphatic heterocycles. The van der Waals surface area contributed by atoms with Gasteiger partial charge in [-0.3, -0.25) is 24.4 Å². The number of esters is 1. The maximum atomic E-state index is 12.6. The summed E-state index contributed by atoms with van der Waals surface area (Å²) in [4.78, 5) is 50.8. The van der Waals surface area contributed by atoms with Crippen LogP contribution in [0.1, 0.15) is 43.1 Å². The van der Waals surface area contributed by atoms with Crippen LogP contribution in [0, 0.1) is 0 Å². The van der Waals surface area contributed by atoms with E-state index in [1.54, 1.807) is 47.5 Å². The number of nitrogens with zero attached hydrogens (tertiary/aromatic N) is 5. The van der Waals surface area contributed by atoms with Crippen molar-refractivity contribution >= 4 is 29.5 Å². The largest absolute Gasteiger partial charge is 0.460 e. The summed E-state index contributed by atoms with van der Waals surface area (Å²) in [7, 11) is 0. The minimum Gasteiger partial charge on any atom is -0.460 e. The first-order chi connectivity index (χ1) is 18.6. The maximum absolute atomic E-state index is 12.6. The summed E-state index contributed by atoms with van der Waals surface area (Å²) in [6, 6.07) is 10.3. The third-order valence-corrected chi connectivity index (χ3v) is 6.46. The fourth-order valence-corrected chi connectivity index (χ4v) is 4.49. The minimum atomic E-state index is -0.473. The Hall–Kier alpha value is -3.83. The van der Waals surface area contributed by atoms with Crippen LogP contribution in [-0.2, 0) is 14.3 Å². The number of amides is 2. The first-order valence-corrected chi connectivity index (χ1v) is 13.1. The number of nitrogens with two attached hydrogens (primary N) is 1. The van der Waals surface area contributed by atoms with Crippen molar-refractivity contribution in [3.8, 4) is 0 Å². The summed E-state index contributed by atoms with van der Waals surface area (Å²) in [5, 5.41) is 0. The number of aromatic nitrogens is 1. The second kappa shape index (κ2) is 12.4. The molecule has 11 heteroatoms. The van der Waals surface area contributed by atoms with E-state index >= 15 is 0 Å². The number of pyridine rings is 1. The van der Waals surface area contributed by atoms with Gasteiger partial charge in [0.1, 0.15) is 17.5 Å². The van der Waals surface area contributed by atoms with Gasteiger partial charge in [-0.2, -0.15) is 4.99 Å². The lowest BCUT2D eigenvalue weighted by Crippen LogP contribution is -2.49. The molecule has 39 heavy (non-hydrogen) atoms. The summed E-state index contributed by atoms with van der Waals surface area (Å²) < 4.78 is 11.0. The van der Waals surface area contributed by atoms with Crippen LogP contribution in [0.5, 0.6) is 0 Å². The molecule has 1 unspecified atom stereocenters. The van der Waals surface area contributed by atoms with Crippen LogP contribution in [0.4, 0.5) is 10.5 Å². The van der Waals surface area contributed by atoms with Crippen LogP contribution in [0.3, 0.4) is 0 Å². The number of carbonyl (C=O) groups is 3. The van der Waals surface area contributed by atoms with Crippen molar-refractivity contribution in [2.75, 3.05) is 50.7 Å². The molecule has 2 amide bonds. The van der Waals surface area contributed by atoms with Crippen molar-refractivity contribution in [1.82, 2.24) is 14.8 Å². The molecule has 2 aliphatic rings. The number of amidine groups is 1. The Balaban J connectivity index is 1.24. The van der Waals surface area contributed by atoms with Crippen LogP contribution in [0.2, 0.25) is 0 Å². The van der Waals surface area contributed by atoms with Gasteiger partial charge in [0, 0.05) is 62.9 Å². The zero-order valence-electron chi connectivity index (χ0n) is 22.7. The number of aliphatic imine (C=N–C) groups is 1. The second-order valence-electron chi connectivity index (χ2n) is 10.7. The van der Waals surface area contributed by atoms with Crippen molar-refractivity contribution in [3.05, 3.63) is 59.9 Å². The molecule has 3 heterocycles. The standard InChI is InChI=1S/C28H36N6O5/c1-28(2,3)39-24(35)10-12-32-13-15-33(16-14-32)18-23-19-34(27(37)38-23)22-8-6-20(7-9-22)25(29)31-26(36)21-5-4-11-30-17-21/h4-9,11,17,23H,10,12-16,18-19H2,1-3H3,(H2,29,31,36). The van der Waals surface area contributed by atoms with Crippen molar-refractivity contribution < 1.29 is 23.9 Å². The molecule has 0 radical (unpaired) electrons. The quantitative estimate of drug-likeness (QED) is 0.307. The van der Waals surface area contributed by atoms with Crippen molar-refractivity contribution in [3.63, 3.8) is 0 Å². The van der Waals surface area contributed by atoms with Gasteiger partial charge in [0.05, 0.1) is 18.5 Å². The Morgan fingerprint density at radius 3 is 2.41 bits per heavy atom. The van der Waals surface area contributed by atoms with E-state index in [0.717, 1.165) is 26.2 Å². The lowest BCUT2D eigenvalue weighted by molar-refractivity contribution is -0.155. The Bertz CT molecular complexity index is 1190. The Morgan fingerprint density at radius 1 is 1.08 bits per heavy atom. The Kier molecular flexibility index (Phi) is 8.93. The highest BCUT2D eigenvalue weighted by Crippen LogP contribution is 2.23. The van der Waals surface area contributed by atoms with Gasteiger partial charge in [0.15, 0.2) is 0 Å². The predicted octanol–water partition coefficient (Wildman–Crippen LogP) is 2.30. The molecule has 2 saturated heterocycles. The number of carbonyl (C=O) groups excluding carboxylic acids is 3. The number of anilines is 1. The highest BCUT2D eigenvalue weighted by atomic mass is 16.6. The van der Waals surface area contributed by atoms with Gasteiger partial charge >= 0.3 is 12.1 Å². The van der Waals surface area contributed by atoms with E-state index in [9.17, 15) is 14.4 Å². The molecule has 11 nitrogen and oxygen atoms in total. The molecule has 2 N–H and O–H groups in total. The zero-order valence-corrected chi connectivity index (χ0v) is 22.7. The summed E-state index contributed by atoms with van der Waals surface area (Å²) in [6.07, 6.45) is 2.76. The van der Waals surface area contributed by atoms with Gasteiger partial charge in [0.25, 0.3) is 5.91 Å². The predicted molar refractivity (Wildman–Crippen MR) is 147 cm³/mol. The Morgan fingerprint density at radius 2 is 1.77 bits per heavy atom. The molecule has 0 bridgehead atoms. The number of ether oxygens (including phenoxy) is 2. The van der Waals surface area contributed by atoms with E-state index in [1.807, 2.05) is 20.8 Å². The molecule has 1 atom stereocenters. The molecule has 0 spiro atoms. The summed E-state index contributed by atoms with van der Waals surface area (Å²) in [6.45, 7) is 10.8. The highest BCUT2D eigenvalue weighted by Gasteiger charge is 2.34. The molecular weight excluding hydrogens is 500 g/mol. The van der Waals surface area contributed by atoms with E-state index in [2.05, 4.69) is 19.8 Å². The SMILES string of the molecule is CC(C)(C)OC(=O)CCN1CCN(CC2CN(c3ccc(C(N)=NC(=O)c4cccnc4)cc3)C(=O)O2)CC1. The molecule has 208 valence electrons. The fourth-order valence-electron chi connectivity index (χ4n) is 4.49. The van der Waals surface area contributed by atoms with E-state index in [0.29, 0.717) is 42.9 Å². The van der Waals surface area contributed by atoms with Crippen LogP contribution >= 0.6 is 0 Å². The number of cyclic esters (lactones) is 1. The highest BCUT2D eigenvalue weighted by molar-refractivity contribution is 6.08. The number of benzene rings is 1. The van der Waals surface area contributed by atoms with Crippen molar-refractivity contribution in [1.29, 1.82) is 0 Å². The number of piperazine rings is 1. The molecular formula is C28H36N6O5. The van der Waals surface area contributed by atoms with Crippen LogP contribution in [0.15, 0.2) is 53.8 Å². The van der Waals surface area contributed by atoms with E-state index in [-0.39, 0.29) is 17.9 Å². The summed E-state index contributed by atoms with van der Waals surface area (Å²) in [5.74, 6) is -0.564. The topological polar surface area (TPSA) is 131 Å². The Labute approximate surface area is 228 Å². The van der Waals surface area contributed by atoms with Crippen LogP contribution in [0.25, 0.3) is 0 Å². The van der Waals surface area contributed by atoms with Gasteiger partial charge in [-0.25, -0.2) is 4.79 Å². The molecule has 4 rings (SSSR count). The van der Waals surface area contributed by atoms with Crippen LogP contribution < -0.4 is 10.6 Å². The van der Waals surface area contributed by atoms with Gasteiger partial charge in [-0.05, 0) is 57.2 Å². The van der Waals surface area contributed by atoms with Gasteiger partial charge in [0.2, 0.25) is 0 Å². The maximum Gasteiger partial charge on any atom is 0.414 e. The molecule has 1 aromatic carbocycles. The number of hydrogen-bond acceptors (Lipinski definition) is 8. The summed E-state index contributed by atoms with van der Waals surface area (Å²) in [5.41, 5.74) is 7.17.